The van der Waals surface area contributed by atoms with E-state index < -0.39 is 11.7 Å². The van der Waals surface area contributed by atoms with E-state index in [1.165, 1.54) is 10.9 Å². The zero-order chi connectivity index (χ0) is 19.3. The van der Waals surface area contributed by atoms with Crippen LogP contribution in [0.1, 0.15) is 40.3 Å². The van der Waals surface area contributed by atoms with Crippen LogP contribution < -0.4 is 10.2 Å². The average Bonchev–Trinajstić information content (AvgIpc) is 3.00. The van der Waals surface area contributed by atoms with Crippen molar-refractivity contribution in [2.75, 3.05) is 23.8 Å². The number of aromatic nitrogens is 2. The summed E-state index contributed by atoms with van der Waals surface area (Å²) >= 11 is 0. The van der Waals surface area contributed by atoms with Gasteiger partial charge in [0.2, 0.25) is 0 Å². The molecule has 1 heterocycles. The van der Waals surface area contributed by atoms with E-state index in [0.29, 0.717) is 12.5 Å². The molecule has 0 spiro atoms. The fourth-order valence-electron chi connectivity index (χ4n) is 2.42. The molecule has 1 aromatic carbocycles. The highest BCUT2D eigenvalue weighted by Gasteiger charge is 2.20. The highest BCUT2D eigenvalue weighted by atomic mass is 16.6. The van der Waals surface area contributed by atoms with Crippen molar-refractivity contribution in [1.82, 2.24) is 9.55 Å². The van der Waals surface area contributed by atoms with E-state index in [1.54, 1.807) is 6.20 Å². The van der Waals surface area contributed by atoms with E-state index in [-0.39, 0.29) is 0 Å². The Bertz CT molecular complexity index is 731. The number of carbonyl (C=O) groups is 1. The Kier molecular flexibility index (Phi) is 6.29. The molecule has 6 heteroatoms. The monoisotopic (exact) mass is 358 g/mol. The summed E-state index contributed by atoms with van der Waals surface area (Å²) in [5.74, 6) is 0.583. The zero-order valence-corrected chi connectivity index (χ0v) is 16.6. The third kappa shape index (κ3) is 5.79. The fraction of sp³-hybridized carbons (Fsp3) is 0.500. The molecular formula is C20H30N4O2. The third-order valence-electron chi connectivity index (χ3n) is 3.71. The fourth-order valence-corrected chi connectivity index (χ4v) is 2.42. The molecule has 26 heavy (non-hydrogen) atoms. The maximum absolute atomic E-state index is 12.3. The molecule has 0 bridgehead atoms. The Morgan fingerprint density at radius 2 is 2.08 bits per heavy atom. The number of imidazole rings is 1. The van der Waals surface area contributed by atoms with Crippen molar-refractivity contribution in [3.8, 4) is 0 Å². The number of ether oxygens (including phenoxy) is 1. The van der Waals surface area contributed by atoms with Gasteiger partial charge in [0.1, 0.15) is 11.9 Å². The predicted molar refractivity (Wildman–Crippen MR) is 106 cm³/mol. The van der Waals surface area contributed by atoms with E-state index in [2.05, 4.69) is 47.2 Å². The van der Waals surface area contributed by atoms with Gasteiger partial charge in [0.25, 0.3) is 0 Å². The molecule has 0 aliphatic rings. The molecule has 0 aliphatic carbocycles. The number of hydrogen-bond donors (Lipinski definition) is 1. The van der Waals surface area contributed by atoms with Crippen LogP contribution in [0.25, 0.3) is 0 Å². The lowest BCUT2D eigenvalue weighted by Gasteiger charge is -2.23. The van der Waals surface area contributed by atoms with Gasteiger partial charge in [0.05, 0.1) is 18.4 Å². The number of nitrogens with zero attached hydrogens (tertiary/aromatic N) is 3. The molecule has 0 atom stereocenters. The van der Waals surface area contributed by atoms with Crippen molar-refractivity contribution in [2.45, 2.75) is 46.8 Å². The third-order valence-corrected chi connectivity index (χ3v) is 3.71. The molecule has 142 valence electrons. The van der Waals surface area contributed by atoms with Crippen molar-refractivity contribution < 1.29 is 9.53 Å². The minimum absolute atomic E-state index is 0.411. The molecule has 2 rings (SSSR count). The van der Waals surface area contributed by atoms with E-state index in [1.807, 2.05) is 33.9 Å². The van der Waals surface area contributed by atoms with Crippen LogP contribution in [0.2, 0.25) is 0 Å². The number of carbonyl (C=O) groups excluding carboxylic acids is 1. The lowest BCUT2D eigenvalue weighted by Crippen LogP contribution is -2.29. The maximum Gasteiger partial charge on any atom is 0.420 e. The summed E-state index contributed by atoms with van der Waals surface area (Å²) in [6.07, 6.45) is 2.78. The molecular weight excluding hydrogens is 328 g/mol. The smallest absolute Gasteiger partial charge is 0.420 e. The van der Waals surface area contributed by atoms with E-state index in [9.17, 15) is 4.79 Å². The van der Waals surface area contributed by atoms with Crippen LogP contribution in [0.4, 0.5) is 16.2 Å². The number of anilines is 2. The maximum atomic E-state index is 12.3. The molecule has 0 amide bonds. The van der Waals surface area contributed by atoms with Gasteiger partial charge in [-0.05, 0) is 44.9 Å². The second-order valence-corrected chi connectivity index (χ2v) is 7.92. The Morgan fingerprint density at radius 3 is 2.73 bits per heavy atom. The number of benzene rings is 1. The molecule has 2 aromatic rings. The van der Waals surface area contributed by atoms with Crippen LogP contribution in [0, 0.1) is 5.92 Å². The summed E-state index contributed by atoms with van der Waals surface area (Å²) in [6, 6.07) is 8.25. The molecule has 6 nitrogen and oxygen atoms in total. The lowest BCUT2D eigenvalue weighted by atomic mass is 10.2. The van der Waals surface area contributed by atoms with Crippen LogP contribution in [-0.4, -0.2) is 34.8 Å². The highest BCUT2D eigenvalue weighted by Crippen LogP contribution is 2.21. The minimum Gasteiger partial charge on any atom is -0.443 e. The largest absolute Gasteiger partial charge is 0.443 e. The molecule has 0 saturated carbocycles. The quantitative estimate of drug-likeness (QED) is 0.831. The van der Waals surface area contributed by atoms with Crippen LogP contribution in [-0.2, 0) is 11.3 Å². The Morgan fingerprint density at radius 1 is 1.35 bits per heavy atom. The van der Waals surface area contributed by atoms with Gasteiger partial charge in [0, 0.05) is 25.0 Å². The molecule has 1 aromatic heterocycles. The van der Waals surface area contributed by atoms with Crippen LogP contribution in [0.15, 0.2) is 36.8 Å². The Balaban J connectivity index is 2.09. The van der Waals surface area contributed by atoms with Crippen molar-refractivity contribution in [2.24, 2.45) is 5.92 Å². The van der Waals surface area contributed by atoms with E-state index in [4.69, 9.17) is 4.74 Å². The Labute approximate surface area is 156 Å². The van der Waals surface area contributed by atoms with E-state index in [0.717, 1.165) is 23.6 Å². The van der Waals surface area contributed by atoms with Crippen molar-refractivity contribution in [3.63, 3.8) is 0 Å². The van der Waals surface area contributed by atoms with Crippen LogP contribution >= 0.6 is 0 Å². The van der Waals surface area contributed by atoms with Crippen LogP contribution in [0.3, 0.4) is 0 Å². The van der Waals surface area contributed by atoms with Crippen molar-refractivity contribution in [1.29, 1.82) is 0 Å². The van der Waals surface area contributed by atoms with Gasteiger partial charge < -0.3 is 15.0 Å². The lowest BCUT2D eigenvalue weighted by molar-refractivity contribution is 0.0532. The first-order valence-corrected chi connectivity index (χ1v) is 8.95. The minimum atomic E-state index is -0.541. The van der Waals surface area contributed by atoms with E-state index >= 15 is 0 Å². The second-order valence-electron chi connectivity index (χ2n) is 7.92. The zero-order valence-electron chi connectivity index (χ0n) is 16.6. The van der Waals surface area contributed by atoms with Gasteiger partial charge in [-0.25, -0.2) is 14.3 Å². The molecule has 0 saturated heterocycles. The first kappa shape index (κ1) is 19.8. The standard InChI is InChI=1S/C20H30N4O2/c1-15(2)11-22-16-8-7-9-17(10-16)23(6)13-18-12-21-14-24(18)19(25)26-20(3,4)5/h7-10,12,14-15,22H,11,13H2,1-6H3. The second kappa shape index (κ2) is 8.25. The van der Waals surface area contributed by atoms with Gasteiger partial charge in [-0.1, -0.05) is 19.9 Å². The summed E-state index contributed by atoms with van der Waals surface area (Å²) in [5, 5.41) is 3.44. The number of hydrogen-bond acceptors (Lipinski definition) is 5. The van der Waals surface area contributed by atoms with Crippen molar-refractivity contribution in [3.05, 3.63) is 42.5 Å². The molecule has 0 radical (unpaired) electrons. The van der Waals surface area contributed by atoms with Gasteiger partial charge in [-0.15, -0.1) is 0 Å². The number of rotatable bonds is 6. The summed E-state index contributed by atoms with van der Waals surface area (Å²) in [6.45, 7) is 11.4. The topological polar surface area (TPSA) is 59.4 Å². The SMILES string of the molecule is CC(C)CNc1cccc(N(C)Cc2cncn2C(=O)OC(C)(C)C)c1. The summed E-state index contributed by atoms with van der Waals surface area (Å²) in [4.78, 5) is 18.5. The van der Waals surface area contributed by atoms with Crippen molar-refractivity contribution >= 4 is 17.5 Å². The summed E-state index contributed by atoms with van der Waals surface area (Å²) in [5.41, 5.74) is 2.39. The predicted octanol–water partition coefficient (Wildman–Crippen LogP) is 4.37. The highest BCUT2D eigenvalue weighted by molar-refractivity contribution is 5.71. The molecule has 0 aliphatic heterocycles. The van der Waals surface area contributed by atoms with Crippen LogP contribution in [0.5, 0.6) is 0 Å². The summed E-state index contributed by atoms with van der Waals surface area (Å²) in [7, 11) is 1.99. The first-order chi connectivity index (χ1) is 12.2. The Hall–Kier alpha value is -2.50. The van der Waals surface area contributed by atoms with Gasteiger partial charge >= 0.3 is 6.09 Å². The molecule has 1 N–H and O–H groups in total. The summed E-state index contributed by atoms with van der Waals surface area (Å²) < 4.78 is 6.90. The van der Waals surface area contributed by atoms with Gasteiger partial charge in [-0.2, -0.15) is 0 Å². The van der Waals surface area contributed by atoms with Gasteiger partial charge in [0.15, 0.2) is 0 Å². The van der Waals surface area contributed by atoms with Gasteiger partial charge in [-0.3, -0.25) is 0 Å². The number of nitrogens with one attached hydrogen (secondary N) is 1. The first-order valence-electron chi connectivity index (χ1n) is 8.95. The average molecular weight is 358 g/mol. The molecule has 0 fully saturated rings. The molecule has 0 unspecified atom stereocenters. The normalized spacial score (nSPS) is 11.5.